The molecule has 0 spiro atoms. The highest BCUT2D eigenvalue weighted by Gasteiger charge is 2.18. The lowest BCUT2D eigenvalue weighted by molar-refractivity contribution is 0.644. The molecule has 0 aromatic carbocycles. The van der Waals surface area contributed by atoms with Crippen LogP contribution in [0.4, 0.5) is 0 Å². The molecule has 0 saturated heterocycles. The number of hydrogen-bond acceptors (Lipinski definition) is 4. The molecule has 0 atom stereocenters. The fourth-order valence-electron chi connectivity index (χ4n) is 2.40. The molecule has 3 rings (SSSR count). The van der Waals surface area contributed by atoms with Crippen molar-refractivity contribution in [2.45, 2.75) is 32.2 Å². The Balaban J connectivity index is 2.05. The van der Waals surface area contributed by atoms with Gasteiger partial charge in [-0.05, 0) is 47.2 Å². The van der Waals surface area contributed by atoms with Crippen molar-refractivity contribution in [3.05, 3.63) is 44.0 Å². The van der Waals surface area contributed by atoms with Crippen LogP contribution in [0.2, 0.25) is 0 Å². The zero-order valence-corrected chi connectivity index (χ0v) is 12.1. The number of fused-ring (bicyclic) bond motifs is 1. The van der Waals surface area contributed by atoms with E-state index in [2.05, 4.69) is 24.7 Å². The van der Waals surface area contributed by atoms with E-state index in [1.54, 1.807) is 10.8 Å². The molecule has 0 amide bonds. The third-order valence-electron chi connectivity index (χ3n) is 3.28. The van der Waals surface area contributed by atoms with Crippen LogP contribution >= 0.6 is 27.7 Å². The molecule has 0 saturated carbocycles. The van der Waals surface area contributed by atoms with Crippen LogP contribution in [-0.2, 0) is 19.4 Å². The highest BCUT2D eigenvalue weighted by Crippen LogP contribution is 2.25. The summed E-state index contributed by atoms with van der Waals surface area (Å²) in [5.41, 5.74) is 3.13. The molecule has 0 fully saturated rings. The second kappa shape index (κ2) is 4.93. The molecule has 94 valence electrons. The van der Waals surface area contributed by atoms with Crippen molar-refractivity contribution >= 4 is 27.7 Å². The average Bonchev–Trinajstić information content (AvgIpc) is 2.89. The van der Waals surface area contributed by atoms with Crippen LogP contribution in [0, 0.1) is 0 Å². The van der Waals surface area contributed by atoms with Gasteiger partial charge in [-0.25, -0.2) is 0 Å². The summed E-state index contributed by atoms with van der Waals surface area (Å²) in [5.74, 6) is 0. The second-order valence-corrected chi connectivity index (χ2v) is 5.88. The summed E-state index contributed by atoms with van der Waals surface area (Å²) in [6.45, 7) is 0.501. The minimum atomic E-state index is 0.126. The fourth-order valence-corrected chi connectivity index (χ4v) is 3.51. The fraction of sp³-hybridized carbons (Fsp3) is 0.417. The van der Waals surface area contributed by atoms with Gasteiger partial charge in [-0.3, -0.25) is 4.79 Å². The Labute approximate surface area is 117 Å². The Morgan fingerprint density at radius 1 is 1.33 bits per heavy atom. The molecule has 0 aliphatic heterocycles. The summed E-state index contributed by atoms with van der Waals surface area (Å²) in [7, 11) is 0. The van der Waals surface area contributed by atoms with Gasteiger partial charge in [-0.1, -0.05) is 0 Å². The monoisotopic (exact) mass is 325 g/mol. The number of rotatable bonds is 2. The van der Waals surface area contributed by atoms with Crippen molar-refractivity contribution in [2.75, 3.05) is 0 Å². The SMILES string of the molecule is O=c1c2c(c(Br)cn1Cc1cnsn1)CCCC2. The molecule has 1 aliphatic rings. The van der Waals surface area contributed by atoms with Crippen LogP contribution < -0.4 is 5.56 Å². The van der Waals surface area contributed by atoms with Gasteiger partial charge in [0.05, 0.1) is 30.2 Å². The highest BCUT2D eigenvalue weighted by atomic mass is 79.9. The summed E-state index contributed by atoms with van der Waals surface area (Å²) >= 11 is 4.75. The van der Waals surface area contributed by atoms with E-state index in [9.17, 15) is 4.79 Å². The summed E-state index contributed by atoms with van der Waals surface area (Å²) in [6, 6.07) is 0. The van der Waals surface area contributed by atoms with Crippen LogP contribution in [-0.4, -0.2) is 13.3 Å². The average molecular weight is 326 g/mol. The van der Waals surface area contributed by atoms with Gasteiger partial charge in [-0.2, -0.15) is 8.75 Å². The Kier molecular flexibility index (Phi) is 3.30. The lowest BCUT2D eigenvalue weighted by atomic mass is 9.93. The van der Waals surface area contributed by atoms with Gasteiger partial charge in [0.25, 0.3) is 5.56 Å². The third kappa shape index (κ3) is 2.14. The Morgan fingerprint density at radius 3 is 2.83 bits per heavy atom. The van der Waals surface area contributed by atoms with Crippen molar-refractivity contribution in [3.63, 3.8) is 0 Å². The van der Waals surface area contributed by atoms with Gasteiger partial charge in [0.15, 0.2) is 0 Å². The molecule has 1 aliphatic carbocycles. The molecule has 0 unspecified atom stereocenters. The predicted molar refractivity (Wildman–Crippen MR) is 74.1 cm³/mol. The largest absolute Gasteiger partial charge is 0.308 e. The van der Waals surface area contributed by atoms with Crippen molar-refractivity contribution in [1.82, 2.24) is 13.3 Å². The molecular formula is C12H12BrN3OS. The number of halogens is 1. The molecule has 4 nitrogen and oxygen atoms in total. The van der Waals surface area contributed by atoms with Crippen molar-refractivity contribution < 1.29 is 0 Å². The van der Waals surface area contributed by atoms with Crippen LogP contribution in [0.5, 0.6) is 0 Å². The summed E-state index contributed by atoms with van der Waals surface area (Å²) in [4.78, 5) is 12.4. The molecule has 0 N–H and O–H groups in total. The van der Waals surface area contributed by atoms with Crippen LogP contribution in [0.3, 0.4) is 0 Å². The van der Waals surface area contributed by atoms with Gasteiger partial charge in [-0.15, -0.1) is 0 Å². The molecule has 2 heterocycles. The van der Waals surface area contributed by atoms with E-state index in [0.717, 1.165) is 35.0 Å². The topological polar surface area (TPSA) is 47.8 Å². The quantitative estimate of drug-likeness (QED) is 0.851. The Bertz CT molecular complexity index is 621. The van der Waals surface area contributed by atoms with Crippen LogP contribution in [0.15, 0.2) is 21.7 Å². The number of nitrogens with zero attached hydrogens (tertiary/aromatic N) is 3. The van der Waals surface area contributed by atoms with Crippen molar-refractivity contribution in [2.24, 2.45) is 0 Å². The molecular weight excluding hydrogens is 314 g/mol. The maximum atomic E-state index is 12.4. The number of hydrogen-bond donors (Lipinski definition) is 0. The van der Waals surface area contributed by atoms with Gasteiger partial charge in [0.2, 0.25) is 0 Å². The molecule has 2 aromatic heterocycles. The first-order chi connectivity index (χ1) is 8.75. The van der Waals surface area contributed by atoms with E-state index >= 15 is 0 Å². The van der Waals surface area contributed by atoms with E-state index in [1.807, 2.05) is 6.20 Å². The van der Waals surface area contributed by atoms with Gasteiger partial charge < -0.3 is 4.57 Å². The molecule has 0 radical (unpaired) electrons. The minimum absolute atomic E-state index is 0.126. The smallest absolute Gasteiger partial charge is 0.254 e. The maximum absolute atomic E-state index is 12.4. The number of aromatic nitrogens is 3. The first-order valence-electron chi connectivity index (χ1n) is 5.93. The zero-order valence-electron chi connectivity index (χ0n) is 9.73. The molecule has 2 aromatic rings. The van der Waals surface area contributed by atoms with Gasteiger partial charge in [0.1, 0.15) is 0 Å². The van der Waals surface area contributed by atoms with Crippen LogP contribution in [0.1, 0.15) is 29.7 Å². The molecule has 18 heavy (non-hydrogen) atoms. The van der Waals surface area contributed by atoms with Gasteiger partial charge in [0, 0.05) is 16.2 Å². The van der Waals surface area contributed by atoms with E-state index in [0.29, 0.717) is 6.54 Å². The summed E-state index contributed by atoms with van der Waals surface area (Å²) < 4.78 is 10.9. The van der Waals surface area contributed by atoms with E-state index < -0.39 is 0 Å². The predicted octanol–water partition coefficient (Wildman–Crippen LogP) is 2.39. The summed E-state index contributed by atoms with van der Waals surface area (Å²) in [5, 5.41) is 0. The van der Waals surface area contributed by atoms with Crippen molar-refractivity contribution in [3.8, 4) is 0 Å². The van der Waals surface area contributed by atoms with E-state index in [1.165, 1.54) is 23.7 Å². The third-order valence-corrected chi connectivity index (χ3v) is 4.48. The first-order valence-corrected chi connectivity index (χ1v) is 7.45. The first kappa shape index (κ1) is 12.0. The van der Waals surface area contributed by atoms with Crippen molar-refractivity contribution in [1.29, 1.82) is 0 Å². The minimum Gasteiger partial charge on any atom is -0.308 e. The maximum Gasteiger partial charge on any atom is 0.254 e. The normalized spacial score (nSPS) is 14.5. The molecule has 6 heteroatoms. The highest BCUT2D eigenvalue weighted by molar-refractivity contribution is 9.10. The van der Waals surface area contributed by atoms with Gasteiger partial charge >= 0.3 is 0 Å². The lowest BCUT2D eigenvalue weighted by Crippen LogP contribution is -2.27. The Morgan fingerprint density at radius 2 is 2.11 bits per heavy atom. The summed E-state index contributed by atoms with van der Waals surface area (Å²) in [6.07, 6.45) is 7.77. The van der Waals surface area contributed by atoms with Crippen LogP contribution in [0.25, 0.3) is 0 Å². The van der Waals surface area contributed by atoms with E-state index in [4.69, 9.17) is 0 Å². The number of pyridine rings is 1. The Hall–Kier alpha value is -1.01. The zero-order chi connectivity index (χ0) is 12.5. The van der Waals surface area contributed by atoms with E-state index in [-0.39, 0.29) is 5.56 Å². The lowest BCUT2D eigenvalue weighted by Gasteiger charge is -2.18. The molecule has 0 bridgehead atoms. The standard InChI is InChI=1S/C12H12BrN3OS/c13-11-7-16(6-8-5-14-18-15-8)12(17)10-4-2-1-3-9(10)11/h5,7H,1-4,6H2. The second-order valence-electron chi connectivity index (χ2n) is 4.47.